The lowest BCUT2D eigenvalue weighted by atomic mass is 10.1. The van der Waals surface area contributed by atoms with Gasteiger partial charge in [0.25, 0.3) is 0 Å². The first kappa shape index (κ1) is 15.0. The minimum Gasteiger partial charge on any atom is -0.228 e. The summed E-state index contributed by atoms with van der Waals surface area (Å²) in [5.74, 6) is 0.486. The minimum absolute atomic E-state index is 0.394. The molecule has 3 rings (SSSR count). The van der Waals surface area contributed by atoms with Gasteiger partial charge in [-0.05, 0) is 42.8 Å². The molecule has 3 aromatic rings. The van der Waals surface area contributed by atoms with E-state index in [1.165, 1.54) is 0 Å². The van der Waals surface area contributed by atoms with Crippen LogP contribution in [-0.2, 0) is 0 Å². The van der Waals surface area contributed by atoms with Crippen molar-refractivity contribution in [2.24, 2.45) is 0 Å². The highest BCUT2D eigenvalue weighted by Crippen LogP contribution is 2.33. The molecule has 2 nitrogen and oxygen atoms in total. The van der Waals surface area contributed by atoms with Crippen LogP contribution < -0.4 is 0 Å². The first-order valence-corrected chi connectivity index (χ1v) is 7.97. The lowest BCUT2D eigenvalue weighted by Gasteiger charge is -2.09. The number of fused-ring (bicyclic) bond motifs is 1. The zero-order valence-electron chi connectivity index (χ0n) is 10.8. The van der Waals surface area contributed by atoms with E-state index in [9.17, 15) is 0 Å². The second kappa shape index (κ2) is 5.73. The minimum atomic E-state index is 0.394. The van der Waals surface area contributed by atoms with Crippen LogP contribution >= 0.6 is 50.7 Å². The number of nitrogens with zero attached hydrogens (tertiary/aromatic N) is 2. The predicted octanol–water partition coefficient (Wildman–Crippen LogP) is 6.33. The summed E-state index contributed by atoms with van der Waals surface area (Å²) >= 11 is 21.9. The summed E-state index contributed by atoms with van der Waals surface area (Å²) in [5.41, 5.74) is 2.52. The maximum absolute atomic E-state index is 6.30. The summed E-state index contributed by atoms with van der Waals surface area (Å²) < 4.78 is 0.940. The third kappa shape index (κ3) is 2.88. The first-order valence-electron chi connectivity index (χ1n) is 6.04. The van der Waals surface area contributed by atoms with Gasteiger partial charge in [0.05, 0.1) is 10.5 Å². The zero-order valence-corrected chi connectivity index (χ0v) is 14.6. The van der Waals surface area contributed by atoms with Crippen molar-refractivity contribution in [1.82, 2.24) is 9.97 Å². The Balaban J connectivity index is 2.30. The third-order valence-corrected chi connectivity index (χ3v) is 4.38. The smallest absolute Gasteiger partial charge is 0.163 e. The van der Waals surface area contributed by atoms with Crippen LogP contribution in [-0.4, -0.2) is 9.97 Å². The average molecular weight is 403 g/mol. The maximum atomic E-state index is 6.30. The van der Waals surface area contributed by atoms with Crippen molar-refractivity contribution < 1.29 is 0 Å². The number of aromatic nitrogens is 2. The monoisotopic (exact) mass is 400 g/mol. The molecule has 0 aliphatic carbocycles. The fourth-order valence-corrected chi connectivity index (χ4v) is 3.41. The second-order valence-corrected chi connectivity index (χ2v) is 6.70. The van der Waals surface area contributed by atoms with Gasteiger partial charge < -0.3 is 0 Å². The Morgan fingerprint density at radius 2 is 1.76 bits per heavy atom. The molecule has 0 bridgehead atoms. The van der Waals surface area contributed by atoms with Crippen LogP contribution in [0.15, 0.2) is 34.8 Å². The van der Waals surface area contributed by atoms with Gasteiger partial charge in [-0.2, -0.15) is 0 Å². The molecule has 1 heterocycles. The molecule has 0 aliphatic rings. The predicted molar refractivity (Wildman–Crippen MR) is 92.4 cm³/mol. The summed E-state index contributed by atoms with van der Waals surface area (Å²) in [6.07, 6.45) is 0. The van der Waals surface area contributed by atoms with Gasteiger partial charge >= 0.3 is 0 Å². The first-order chi connectivity index (χ1) is 9.95. The van der Waals surface area contributed by atoms with E-state index in [2.05, 4.69) is 25.9 Å². The lowest BCUT2D eigenvalue weighted by molar-refractivity contribution is 1.21. The number of benzene rings is 2. The molecule has 1 aromatic heterocycles. The number of hydrogen-bond donors (Lipinski definition) is 0. The van der Waals surface area contributed by atoms with E-state index < -0.39 is 0 Å². The number of rotatable bonds is 1. The third-order valence-electron chi connectivity index (χ3n) is 3.08. The molecule has 0 spiro atoms. The van der Waals surface area contributed by atoms with Crippen LogP contribution in [0.3, 0.4) is 0 Å². The number of aryl methyl sites for hydroxylation is 1. The average Bonchev–Trinajstić information content (AvgIpc) is 2.40. The molecule has 0 N–H and O–H groups in total. The van der Waals surface area contributed by atoms with Crippen molar-refractivity contribution in [2.45, 2.75) is 6.92 Å². The van der Waals surface area contributed by atoms with Gasteiger partial charge in [0, 0.05) is 20.4 Å². The highest BCUT2D eigenvalue weighted by Gasteiger charge is 2.13. The Morgan fingerprint density at radius 3 is 2.48 bits per heavy atom. The molecule has 0 amide bonds. The van der Waals surface area contributed by atoms with Gasteiger partial charge in [-0.25, -0.2) is 9.97 Å². The van der Waals surface area contributed by atoms with Crippen LogP contribution in [0.25, 0.3) is 22.3 Å². The Bertz CT molecular complexity index is 865. The van der Waals surface area contributed by atoms with Gasteiger partial charge in [-0.15, -0.1) is 0 Å². The number of hydrogen-bond acceptors (Lipinski definition) is 2. The van der Waals surface area contributed by atoms with Crippen LogP contribution in [0.2, 0.25) is 15.2 Å². The summed E-state index contributed by atoms with van der Waals surface area (Å²) in [5, 5.41) is 2.26. The van der Waals surface area contributed by atoms with Crippen molar-refractivity contribution in [3.05, 3.63) is 55.6 Å². The van der Waals surface area contributed by atoms with Crippen molar-refractivity contribution in [2.75, 3.05) is 0 Å². The largest absolute Gasteiger partial charge is 0.228 e. The maximum Gasteiger partial charge on any atom is 0.163 e. The quantitative estimate of drug-likeness (QED) is 0.445. The van der Waals surface area contributed by atoms with E-state index in [0.29, 0.717) is 26.6 Å². The zero-order chi connectivity index (χ0) is 15.1. The van der Waals surface area contributed by atoms with E-state index in [4.69, 9.17) is 34.8 Å². The van der Waals surface area contributed by atoms with E-state index in [0.717, 1.165) is 20.9 Å². The SMILES string of the molecule is Cc1cc(Br)cc2c(Cl)nc(-c3ccc(Cl)cc3Cl)nc12. The molecular formula is C15H8BrCl3N2. The second-order valence-electron chi connectivity index (χ2n) is 4.58. The van der Waals surface area contributed by atoms with Crippen LogP contribution in [0.4, 0.5) is 0 Å². The highest BCUT2D eigenvalue weighted by molar-refractivity contribution is 9.10. The molecule has 0 atom stereocenters. The van der Waals surface area contributed by atoms with Gasteiger partial charge in [0.15, 0.2) is 5.82 Å². The number of halogens is 4. The molecule has 0 unspecified atom stereocenters. The van der Waals surface area contributed by atoms with Gasteiger partial charge in [-0.3, -0.25) is 0 Å². The molecule has 0 fully saturated rings. The summed E-state index contributed by atoms with van der Waals surface area (Å²) in [6, 6.07) is 9.08. The van der Waals surface area contributed by atoms with E-state index in [1.54, 1.807) is 18.2 Å². The lowest BCUT2D eigenvalue weighted by Crippen LogP contribution is -1.94. The van der Waals surface area contributed by atoms with Gasteiger partial charge in [0.1, 0.15) is 5.15 Å². The molecule has 0 saturated heterocycles. The molecule has 2 aromatic carbocycles. The molecule has 6 heteroatoms. The van der Waals surface area contributed by atoms with E-state index >= 15 is 0 Å². The Labute approximate surface area is 145 Å². The molecule has 21 heavy (non-hydrogen) atoms. The van der Waals surface area contributed by atoms with E-state index in [-0.39, 0.29) is 0 Å². The van der Waals surface area contributed by atoms with Crippen molar-refractivity contribution in [3.8, 4) is 11.4 Å². The normalized spacial score (nSPS) is 11.1. The van der Waals surface area contributed by atoms with Crippen molar-refractivity contribution in [3.63, 3.8) is 0 Å². The molecule has 0 radical (unpaired) electrons. The molecular weight excluding hydrogens is 394 g/mol. The summed E-state index contributed by atoms with van der Waals surface area (Å²) in [7, 11) is 0. The van der Waals surface area contributed by atoms with Gasteiger partial charge in [-0.1, -0.05) is 50.7 Å². The summed E-state index contributed by atoms with van der Waals surface area (Å²) in [6.45, 7) is 1.98. The topological polar surface area (TPSA) is 25.8 Å². The Morgan fingerprint density at radius 1 is 1.00 bits per heavy atom. The van der Waals surface area contributed by atoms with Crippen LogP contribution in [0, 0.1) is 6.92 Å². The molecule has 0 aliphatic heterocycles. The molecule has 0 saturated carbocycles. The fourth-order valence-electron chi connectivity index (χ4n) is 2.12. The standard InChI is InChI=1S/C15H8BrCl3N2/c1-7-4-8(16)5-11-13(7)20-15(21-14(11)19)10-3-2-9(17)6-12(10)18/h2-6H,1H3. The van der Waals surface area contributed by atoms with Crippen molar-refractivity contribution in [1.29, 1.82) is 0 Å². The Kier molecular flexibility index (Phi) is 4.10. The van der Waals surface area contributed by atoms with Crippen LogP contribution in [0.5, 0.6) is 0 Å². The summed E-state index contributed by atoms with van der Waals surface area (Å²) in [4.78, 5) is 8.94. The van der Waals surface area contributed by atoms with Crippen LogP contribution in [0.1, 0.15) is 5.56 Å². The Hall–Kier alpha value is -0.870. The molecule has 106 valence electrons. The van der Waals surface area contributed by atoms with Gasteiger partial charge in [0.2, 0.25) is 0 Å². The van der Waals surface area contributed by atoms with Crippen molar-refractivity contribution >= 4 is 61.6 Å². The fraction of sp³-hybridized carbons (Fsp3) is 0.0667. The van der Waals surface area contributed by atoms with E-state index in [1.807, 2.05) is 19.1 Å². The highest BCUT2D eigenvalue weighted by atomic mass is 79.9.